The molecule has 0 radical (unpaired) electrons. The Morgan fingerprint density at radius 3 is 2.88 bits per heavy atom. The summed E-state index contributed by atoms with van der Waals surface area (Å²) in [5.41, 5.74) is 6.27. The molecule has 1 aliphatic heterocycles. The number of nitrogens with one attached hydrogen (secondary N) is 1. The Morgan fingerprint density at radius 1 is 1.35 bits per heavy atom. The van der Waals surface area contributed by atoms with E-state index in [0.717, 1.165) is 4.88 Å². The van der Waals surface area contributed by atoms with Crippen LogP contribution in [0.5, 0.6) is 5.75 Å². The molecule has 1 aromatic carbocycles. The number of hydrogen-bond acceptors (Lipinski definition) is 6. The number of primary amides is 1. The zero-order valence-electron chi connectivity index (χ0n) is 13.6. The van der Waals surface area contributed by atoms with Gasteiger partial charge in [-0.1, -0.05) is 28.9 Å². The predicted octanol–water partition coefficient (Wildman–Crippen LogP) is 2.79. The second-order valence-electron chi connectivity index (χ2n) is 5.49. The first kappa shape index (κ1) is 18.2. The van der Waals surface area contributed by atoms with E-state index >= 15 is 0 Å². The minimum atomic E-state index is -0.732. The highest BCUT2D eigenvalue weighted by Gasteiger charge is 2.30. The molecule has 0 spiro atoms. The number of oxime groups is 1. The van der Waals surface area contributed by atoms with E-state index in [2.05, 4.69) is 10.5 Å². The van der Waals surface area contributed by atoms with E-state index < -0.39 is 12.0 Å². The van der Waals surface area contributed by atoms with Gasteiger partial charge in [0.2, 0.25) is 12.0 Å². The van der Waals surface area contributed by atoms with Crippen molar-refractivity contribution in [1.82, 2.24) is 0 Å². The van der Waals surface area contributed by atoms with Crippen molar-refractivity contribution in [2.45, 2.75) is 18.9 Å². The van der Waals surface area contributed by atoms with Crippen molar-refractivity contribution < 1.29 is 19.2 Å². The molecular weight excluding hydrogens is 378 g/mol. The molecule has 0 aliphatic carbocycles. The highest BCUT2D eigenvalue weighted by atomic mass is 35.5. The molecule has 1 atom stereocenters. The van der Waals surface area contributed by atoms with Crippen molar-refractivity contribution in [3.8, 4) is 5.75 Å². The van der Waals surface area contributed by atoms with E-state index in [0.29, 0.717) is 27.9 Å². The third-order valence-corrected chi connectivity index (χ3v) is 4.85. The van der Waals surface area contributed by atoms with E-state index in [9.17, 15) is 9.59 Å². The van der Waals surface area contributed by atoms with Crippen LogP contribution in [0.4, 0.5) is 5.69 Å². The zero-order valence-corrected chi connectivity index (χ0v) is 15.2. The number of benzene rings is 1. The topological polar surface area (TPSA) is 103 Å². The van der Waals surface area contributed by atoms with Crippen LogP contribution in [0.15, 0.2) is 41.6 Å². The number of thiophene rings is 1. The Labute approximate surface area is 158 Å². The van der Waals surface area contributed by atoms with Crippen LogP contribution in [0.25, 0.3) is 0 Å². The number of para-hydroxylation sites is 2. The fraction of sp³-hybridized carbons (Fsp3) is 0.235. The first-order chi connectivity index (χ1) is 12.5. The van der Waals surface area contributed by atoms with Crippen LogP contribution >= 0.6 is 22.9 Å². The van der Waals surface area contributed by atoms with Gasteiger partial charge in [-0.15, -0.1) is 11.3 Å². The van der Waals surface area contributed by atoms with Gasteiger partial charge >= 0.3 is 0 Å². The van der Waals surface area contributed by atoms with Crippen molar-refractivity contribution in [3.05, 3.63) is 45.6 Å². The first-order valence-electron chi connectivity index (χ1n) is 7.82. The van der Waals surface area contributed by atoms with Crippen LogP contribution < -0.4 is 15.8 Å². The minimum Gasteiger partial charge on any atom is -0.491 e. The molecule has 0 fully saturated rings. The third kappa shape index (κ3) is 4.53. The van der Waals surface area contributed by atoms with E-state index in [1.54, 1.807) is 30.3 Å². The number of halogens is 1. The summed E-state index contributed by atoms with van der Waals surface area (Å²) in [5, 5.41) is 6.75. The van der Waals surface area contributed by atoms with Gasteiger partial charge in [0.25, 0.3) is 5.91 Å². The van der Waals surface area contributed by atoms with Crippen LogP contribution in [-0.4, -0.2) is 30.2 Å². The Balaban J connectivity index is 1.60. The molecule has 2 amide bonds. The van der Waals surface area contributed by atoms with Gasteiger partial charge in [0, 0.05) is 6.42 Å². The number of nitrogens with two attached hydrogens (primary N) is 1. The molecule has 136 valence electrons. The Morgan fingerprint density at radius 2 is 2.15 bits per heavy atom. The summed E-state index contributed by atoms with van der Waals surface area (Å²) in [7, 11) is 0. The summed E-state index contributed by atoms with van der Waals surface area (Å²) < 4.78 is 6.16. The second-order valence-corrected chi connectivity index (χ2v) is 7.21. The molecule has 26 heavy (non-hydrogen) atoms. The van der Waals surface area contributed by atoms with Crippen molar-refractivity contribution in [3.63, 3.8) is 0 Å². The number of carbonyl (C=O) groups excluding carboxylic acids is 2. The maximum atomic E-state index is 12.5. The molecule has 1 aliphatic rings. The lowest BCUT2D eigenvalue weighted by Gasteiger charge is -2.13. The summed E-state index contributed by atoms with van der Waals surface area (Å²) in [6.07, 6.45) is -0.286. The zero-order chi connectivity index (χ0) is 18.5. The van der Waals surface area contributed by atoms with Gasteiger partial charge in [-0.3, -0.25) is 9.59 Å². The maximum Gasteiger partial charge on any atom is 0.268 e. The lowest BCUT2D eigenvalue weighted by atomic mass is 10.1. The number of amides is 2. The van der Waals surface area contributed by atoms with Crippen LogP contribution in [0.2, 0.25) is 4.34 Å². The van der Waals surface area contributed by atoms with E-state index in [4.69, 9.17) is 26.9 Å². The molecular formula is C17H16ClN3O4S. The fourth-order valence-electron chi connectivity index (χ4n) is 2.30. The summed E-state index contributed by atoms with van der Waals surface area (Å²) >= 11 is 7.31. The molecule has 3 rings (SSSR count). The largest absolute Gasteiger partial charge is 0.491 e. The Bertz CT molecular complexity index is 852. The molecule has 1 unspecified atom stereocenters. The standard InChI is InChI=1S/C17H16ClN3O4S/c18-15-6-5-14(26-15)11-9-13(25-21-11)17(23)20-10-3-1-2-4-12(10)24-8-7-16(19)22/h1-6,13H,7-9H2,(H2,19,22)(H,20,23). The molecule has 3 N–H and O–H groups in total. The van der Waals surface area contributed by atoms with Crippen molar-refractivity contribution in [2.75, 3.05) is 11.9 Å². The lowest BCUT2D eigenvalue weighted by Crippen LogP contribution is -2.28. The molecule has 9 heteroatoms. The highest BCUT2D eigenvalue weighted by molar-refractivity contribution is 7.18. The summed E-state index contributed by atoms with van der Waals surface area (Å²) in [4.78, 5) is 29.4. The van der Waals surface area contributed by atoms with E-state index in [1.807, 2.05) is 6.07 Å². The average molecular weight is 394 g/mol. The maximum absolute atomic E-state index is 12.5. The number of anilines is 1. The summed E-state index contributed by atoms with van der Waals surface area (Å²) in [5.74, 6) is -0.340. The van der Waals surface area contributed by atoms with Gasteiger partial charge in [-0.25, -0.2) is 0 Å². The minimum absolute atomic E-state index is 0.0919. The Hall–Kier alpha value is -2.58. The lowest BCUT2D eigenvalue weighted by molar-refractivity contribution is -0.125. The predicted molar refractivity (Wildman–Crippen MR) is 99.7 cm³/mol. The quantitative estimate of drug-likeness (QED) is 0.754. The summed E-state index contributed by atoms with van der Waals surface area (Å²) in [6, 6.07) is 10.5. The third-order valence-electron chi connectivity index (χ3n) is 3.57. The van der Waals surface area contributed by atoms with E-state index in [1.165, 1.54) is 11.3 Å². The monoisotopic (exact) mass is 393 g/mol. The Kier molecular flexibility index (Phi) is 5.75. The SMILES string of the molecule is NC(=O)CCOc1ccccc1NC(=O)C1CC(c2ccc(Cl)s2)=NO1. The van der Waals surface area contributed by atoms with Crippen molar-refractivity contribution in [1.29, 1.82) is 0 Å². The number of rotatable bonds is 7. The van der Waals surface area contributed by atoms with Crippen LogP contribution in [-0.2, 0) is 14.4 Å². The number of ether oxygens (including phenoxy) is 1. The second kappa shape index (κ2) is 8.20. The van der Waals surface area contributed by atoms with E-state index in [-0.39, 0.29) is 18.9 Å². The van der Waals surface area contributed by atoms with Crippen molar-refractivity contribution >= 4 is 46.2 Å². The summed E-state index contributed by atoms with van der Waals surface area (Å²) in [6.45, 7) is 0.133. The fourth-order valence-corrected chi connectivity index (χ4v) is 3.34. The van der Waals surface area contributed by atoms with Gasteiger partial charge in [0.05, 0.1) is 27.9 Å². The molecule has 7 nitrogen and oxygen atoms in total. The smallest absolute Gasteiger partial charge is 0.268 e. The van der Waals surface area contributed by atoms with Gasteiger partial charge in [-0.05, 0) is 24.3 Å². The van der Waals surface area contributed by atoms with Gasteiger partial charge in [-0.2, -0.15) is 0 Å². The number of carbonyl (C=O) groups is 2. The molecule has 2 heterocycles. The van der Waals surface area contributed by atoms with Crippen LogP contribution in [0.1, 0.15) is 17.7 Å². The molecule has 1 aromatic heterocycles. The number of nitrogens with zero attached hydrogens (tertiary/aromatic N) is 1. The molecule has 2 aromatic rings. The normalized spacial score (nSPS) is 15.9. The van der Waals surface area contributed by atoms with Crippen molar-refractivity contribution in [2.24, 2.45) is 10.9 Å². The van der Waals surface area contributed by atoms with Gasteiger partial charge in [0.15, 0.2) is 0 Å². The molecule has 0 saturated heterocycles. The highest BCUT2D eigenvalue weighted by Crippen LogP contribution is 2.28. The van der Waals surface area contributed by atoms with Crippen LogP contribution in [0.3, 0.4) is 0 Å². The average Bonchev–Trinajstić information content (AvgIpc) is 3.25. The van der Waals surface area contributed by atoms with Crippen LogP contribution in [0, 0.1) is 0 Å². The van der Waals surface area contributed by atoms with Gasteiger partial charge in [0.1, 0.15) is 11.5 Å². The first-order valence-corrected chi connectivity index (χ1v) is 9.02. The molecule has 0 bridgehead atoms. The number of hydrogen-bond donors (Lipinski definition) is 2. The van der Waals surface area contributed by atoms with Gasteiger partial charge < -0.3 is 20.6 Å². The molecule has 0 saturated carbocycles.